The number of likely N-dealkylation sites (tertiary alicyclic amines) is 1. The Bertz CT molecular complexity index is 193. The Morgan fingerprint density at radius 3 is 2.62 bits per heavy atom. The maximum absolute atomic E-state index is 13.5. The first-order chi connectivity index (χ1) is 6.15. The molecule has 0 aromatic carbocycles. The fraction of sp³-hybridized carbons (Fsp3) is 1.00. The first-order valence-electron chi connectivity index (χ1n) is 5.56. The largest absolute Gasteiger partial charge is 0.295 e. The summed E-state index contributed by atoms with van der Waals surface area (Å²) in [5.74, 6) is 0.345. The van der Waals surface area contributed by atoms with Gasteiger partial charge in [-0.2, -0.15) is 0 Å². The van der Waals surface area contributed by atoms with Gasteiger partial charge in [-0.3, -0.25) is 4.90 Å². The monoisotopic (exact) mass is 185 g/mol. The molecule has 2 aliphatic rings. The van der Waals surface area contributed by atoms with Crippen LogP contribution in [0.1, 0.15) is 40.0 Å². The third-order valence-electron chi connectivity index (χ3n) is 3.82. The lowest BCUT2D eigenvalue weighted by molar-refractivity contribution is 0.0554. The van der Waals surface area contributed by atoms with Gasteiger partial charge in [0, 0.05) is 24.0 Å². The summed E-state index contributed by atoms with van der Waals surface area (Å²) in [5, 5.41) is 0. The number of hydrogen-bond donors (Lipinski definition) is 0. The van der Waals surface area contributed by atoms with Gasteiger partial charge in [0.25, 0.3) is 0 Å². The van der Waals surface area contributed by atoms with Crippen LogP contribution >= 0.6 is 0 Å². The van der Waals surface area contributed by atoms with Crippen LogP contribution in [0.25, 0.3) is 0 Å². The van der Waals surface area contributed by atoms with E-state index >= 15 is 0 Å². The van der Waals surface area contributed by atoms with Crippen LogP contribution < -0.4 is 0 Å². The lowest BCUT2D eigenvalue weighted by Crippen LogP contribution is -2.47. The molecular formula is C11H20FN. The summed E-state index contributed by atoms with van der Waals surface area (Å²) < 4.78 is 13.5. The van der Waals surface area contributed by atoms with E-state index < -0.39 is 6.17 Å². The van der Waals surface area contributed by atoms with Gasteiger partial charge in [-0.25, -0.2) is 4.39 Å². The summed E-state index contributed by atoms with van der Waals surface area (Å²) in [7, 11) is 0. The number of nitrogens with zero attached hydrogens (tertiary/aromatic N) is 1. The molecule has 2 heteroatoms. The van der Waals surface area contributed by atoms with Gasteiger partial charge in [-0.05, 0) is 33.1 Å². The second-order valence-electron chi connectivity index (χ2n) is 4.82. The fourth-order valence-corrected chi connectivity index (χ4v) is 3.44. The van der Waals surface area contributed by atoms with Gasteiger partial charge in [-0.15, -0.1) is 0 Å². The molecule has 3 unspecified atom stereocenters. The van der Waals surface area contributed by atoms with Crippen molar-refractivity contribution in [1.82, 2.24) is 4.90 Å². The van der Waals surface area contributed by atoms with Crippen LogP contribution in [0.15, 0.2) is 0 Å². The molecule has 1 saturated carbocycles. The predicted octanol–water partition coefficient (Wildman–Crippen LogP) is 2.61. The Kier molecular flexibility index (Phi) is 2.35. The zero-order chi connectivity index (χ0) is 9.59. The molecule has 0 amide bonds. The Morgan fingerprint density at radius 2 is 2.08 bits per heavy atom. The van der Waals surface area contributed by atoms with Crippen molar-refractivity contribution in [2.24, 2.45) is 5.92 Å². The molecule has 4 atom stereocenters. The lowest BCUT2D eigenvalue weighted by atomic mass is 9.94. The van der Waals surface area contributed by atoms with Crippen LogP contribution in [-0.2, 0) is 0 Å². The molecule has 1 saturated heterocycles. The number of rotatable bonds is 2. The minimum absolute atomic E-state index is 0.345. The minimum atomic E-state index is -0.509. The van der Waals surface area contributed by atoms with Crippen molar-refractivity contribution < 1.29 is 4.39 Å². The van der Waals surface area contributed by atoms with Crippen molar-refractivity contribution in [3.05, 3.63) is 0 Å². The van der Waals surface area contributed by atoms with Gasteiger partial charge in [-0.1, -0.05) is 6.92 Å². The third kappa shape index (κ3) is 1.30. The Hall–Kier alpha value is -0.110. The van der Waals surface area contributed by atoms with Crippen molar-refractivity contribution in [3.63, 3.8) is 0 Å². The molecule has 1 aliphatic heterocycles. The Balaban J connectivity index is 2.14. The van der Waals surface area contributed by atoms with E-state index in [-0.39, 0.29) is 0 Å². The van der Waals surface area contributed by atoms with Gasteiger partial charge in [0.1, 0.15) is 6.17 Å². The smallest absolute Gasteiger partial charge is 0.106 e. The molecule has 2 rings (SSSR count). The highest BCUT2D eigenvalue weighted by Gasteiger charge is 2.51. The van der Waals surface area contributed by atoms with Gasteiger partial charge in [0.05, 0.1) is 0 Å². The first kappa shape index (κ1) is 9.45. The molecule has 76 valence electrons. The third-order valence-corrected chi connectivity index (χ3v) is 3.82. The molecule has 0 N–H and O–H groups in total. The summed E-state index contributed by atoms with van der Waals surface area (Å²) in [6, 6.07) is 1.66. The van der Waals surface area contributed by atoms with E-state index in [2.05, 4.69) is 25.7 Å². The van der Waals surface area contributed by atoms with Crippen molar-refractivity contribution in [2.45, 2.75) is 64.3 Å². The van der Waals surface area contributed by atoms with Crippen LogP contribution in [0.5, 0.6) is 0 Å². The highest BCUT2D eigenvalue weighted by molar-refractivity contribution is 5.04. The Morgan fingerprint density at radius 1 is 1.38 bits per heavy atom. The molecule has 1 heterocycles. The average molecular weight is 185 g/mol. The van der Waals surface area contributed by atoms with Gasteiger partial charge < -0.3 is 0 Å². The van der Waals surface area contributed by atoms with E-state index in [1.54, 1.807) is 0 Å². The van der Waals surface area contributed by atoms with Crippen molar-refractivity contribution >= 4 is 0 Å². The minimum Gasteiger partial charge on any atom is -0.295 e. The standard InChI is InChI=1S/C11H20FN/c1-4-11-9-5-8(6-10(9)12)13(11)7(2)3/h7-11H,4-6H2,1-3H3/t8?,9?,10?,11-/m1/s1. The molecule has 0 radical (unpaired) electrons. The van der Waals surface area contributed by atoms with Crippen LogP contribution in [0.3, 0.4) is 0 Å². The van der Waals surface area contributed by atoms with E-state index in [0.29, 0.717) is 24.0 Å². The molecule has 0 spiro atoms. The molecule has 2 fully saturated rings. The Labute approximate surface area is 80.3 Å². The molecule has 0 aromatic heterocycles. The van der Waals surface area contributed by atoms with Crippen molar-refractivity contribution in [2.75, 3.05) is 0 Å². The normalized spacial score (nSPS) is 45.0. The first-order valence-corrected chi connectivity index (χ1v) is 5.56. The van der Waals surface area contributed by atoms with Gasteiger partial charge in [0.2, 0.25) is 0 Å². The molecular weight excluding hydrogens is 165 g/mol. The van der Waals surface area contributed by atoms with Crippen LogP contribution in [0, 0.1) is 5.92 Å². The maximum atomic E-state index is 13.5. The average Bonchev–Trinajstić information content (AvgIpc) is 2.58. The van der Waals surface area contributed by atoms with E-state index in [9.17, 15) is 4.39 Å². The highest BCUT2D eigenvalue weighted by atomic mass is 19.1. The van der Waals surface area contributed by atoms with E-state index in [1.807, 2.05) is 0 Å². The molecule has 1 nitrogen and oxygen atoms in total. The van der Waals surface area contributed by atoms with Crippen molar-refractivity contribution in [3.8, 4) is 0 Å². The molecule has 1 aliphatic carbocycles. The van der Waals surface area contributed by atoms with Crippen molar-refractivity contribution in [1.29, 1.82) is 0 Å². The number of hydrogen-bond acceptors (Lipinski definition) is 1. The summed E-state index contributed by atoms with van der Waals surface area (Å²) >= 11 is 0. The highest BCUT2D eigenvalue weighted by Crippen LogP contribution is 2.46. The number of halogens is 1. The molecule has 2 bridgehead atoms. The zero-order valence-corrected chi connectivity index (χ0v) is 8.83. The van der Waals surface area contributed by atoms with Gasteiger partial charge >= 0.3 is 0 Å². The van der Waals surface area contributed by atoms with Gasteiger partial charge in [0.15, 0.2) is 0 Å². The second-order valence-corrected chi connectivity index (χ2v) is 4.82. The number of piperidine rings is 1. The topological polar surface area (TPSA) is 3.24 Å². The van der Waals surface area contributed by atoms with E-state index in [0.717, 1.165) is 19.3 Å². The predicted molar refractivity (Wildman–Crippen MR) is 52.5 cm³/mol. The zero-order valence-electron chi connectivity index (χ0n) is 8.83. The van der Waals surface area contributed by atoms with Crippen LogP contribution in [0.2, 0.25) is 0 Å². The van der Waals surface area contributed by atoms with Crippen LogP contribution in [-0.4, -0.2) is 29.2 Å². The second kappa shape index (κ2) is 3.23. The maximum Gasteiger partial charge on any atom is 0.106 e. The van der Waals surface area contributed by atoms with E-state index in [4.69, 9.17) is 0 Å². The number of fused-ring (bicyclic) bond motifs is 2. The quantitative estimate of drug-likeness (QED) is 0.639. The van der Waals surface area contributed by atoms with E-state index in [1.165, 1.54) is 0 Å². The summed E-state index contributed by atoms with van der Waals surface area (Å²) in [4.78, 5) is 2.54. The fourth-order valence-electron chi connectivity index (χ4n) is 3.44. The van der Waals surface area contributed by atoms with Crippen LogP contribution in [0.4, 0.5) is 4.39 Å². The number of alkyl halides is 1. The SMILES string of the molecule is CC[C@@H]1C2CC(CC2F)N1C(C)C. The molecule has 0 aromatic rings. The summed E-state index contributed by atoms with van der Waals surface area (Å²) in [5.41, 5.74) is 0. The molecule has 13 heavy (non-hydrogen) atoms. The lowest BCUT2D eigenvalue weighted by Gasteiger charge is -2.39. The summed E-state index contributed by atoms with van der Waals surface area (Å²) in [6.45, 7) is 6.65. The summed E-state index contributed by atoms with van der Waals surface area (Å²) in [6.07, 6.45) is 2.50.